The summed E-state index contributed by atoms with van der Waals surface area (Å²) in [5.74, 6) is 0.576. The zero-order chi connectivity index (χ0) is 19.7. The molecule has 0 bridgehead atoms. The van der Waals surface area contributed by atoms with Crippen LogP contribution < -0.4 is 10.1 Å². The van der Waals surface area contributed by atoms with Crippen molar-refractivity contribution >= 4 is 16.7 Å². The summed E-state index contributed by atoms with van der Waals surface area (Å²) in [6.45, 7) is 4.59. The fourth-order valence-corrected chi connectivity index (χ4v) is 3.25. The van der Waals surface area contributed by atoms with Gasteiger partial charge in [0.05, 0.1) is 42.0 Å². The second-order valence-electron chi connectivity index (χ2n) is 6.66. The van der Waals surface area contributed by atoms with Gasteiger partial charge in [0.25, 0.3) is 0 Å². The van der Waals surface area contributed by atoms with E-state index in [-0.39, 0.29) is 6.04 Å². The molecule has 0 aliphatic carbocycles. The fourth-order valence-electron chi connectivity index (χ4n) is 3.25. The summed E-state index contributed by atoms with van der Waals surface area (Å²) in [4.78, 5) is 9.15. The zero-order valence-electron chi connectivity index (χ0n) is 16.4. The lowest BCUT2D eigenvalue weighted by Gasteiger charge is -2.16. The van der Waals surface area contributed by atoms with Crippen LogP contribution in [0.1, 0.15) is 25.5 Å². The molecule has 144 valence electrons. The molecule has 28 heavy (non-hydrogen) atoms. The van der Waals surface area contributed by atoms with Crippen LogP contribution in [0.25, 0.3) is 22.3 Å². The number of fused-ring (bicyclic) bond motifs is 1. The molecular formula is C20H23N7O. The van der Waals surface area contributed by atoms with Crippen LogP contribution >= 0.6 is 0 Å². The van der Waals surface area contributed by atoms with E-state index in [4.69, 9.17) is 9.72 Å². The molecule has 4 heterocycles. The molecule has 4 aromatic rings. The first-order valence-corrected chi connectivity index (χ1v) is 9.22. The monoisotopic (exact) mass is 377 g/mol. The van der Waals surface area contributed by atoms with Crippen LogP contribution in [0, 0.1) is 0 Å². The third-order valence-electron chi connectivity index (χ3n) is 4.62. The summed E-state index contributed by atoms with van der Waals surface area (Å²) in [5, 5.41) is 12.2. The van der Waals surface area contributed by atoms with Crippen molar-refractivity contribution in [3.63, 3.8) is 0 Å². The zero-order valence-corrected chi connectivity index (χ0v) is 16.4. The van der Waals surface area contributed by atoms with E-state index in [1.54, 1.807) is 17.1 Å². The van der Waals surface area contributed by atoms with Crippen molar-refractivity contribution in [2.45, 2.75) is 19.9 Å². The van der Waals surface area contributed by atoms with E-state index >= 15 is 0 Å². The Morgan fingerprint density at radius 3 is 2.82 bits per heavy atom. The quantitative estimate of drug-likeness (QED) is 0.555. The molecule has 0 saturated heterocycles. The summed E-state index contributed by atoms with van der Waals surface area (Å²) >= 11 is 0. The number of hydrogen-bond acceptors (Lipinski definition) is 6. The molecule has 0 radical (unpaired) electrons. The molecule has 4 rings (SSSR count). The van der Waals surface area contributed by atoms with Gasteiger partial charge in [-0.05, 0) is 32.0 Å². The molecular weight excluding hydrogens is 354 g/mol. The Hall–Kier alpha value is -3.42. The van der Waals surface area contributed by atoms with E-state index in [1.807, 2.05) is 56.3 Å². The first-order chi connectivity index (χ1) is 13.6. The minimum absolute atomic E-state index is 0.0716. The summed E-state index contributed by atoms with van der Waals surface area (Å²) in [6.07, 6.45) is 7.37. The molecule has 1 N–H and O–H groups in total. The van der Waals surface area contributed by atoms with Gasteiger partial charge in [0.1, 0.15) is 11.0 Å². The van der Waals surface area contributed by atoms with Crippen LogP contribution in [-0.4, -0.2) is 36.1 Å². The number of ether oxygens (including phenoxy) is 1. The average molecular weight is 377 g/mol. The third-order valence-corrected chi connectivity index (χ3v) is 4.62. The van der Waals surface area contributed by atoms with Crippen molar-refractivity contribution in [1.82, 2.24) is 29.5 Å². The normalized spacial score (nSPS) is 12.3. The number of aromatic nitrogens is 6. The van der Waals surface area contributed by atoms with Gasteiger partial charge in [0.15, 0.2) is 0 Å². The molecule has 0 fully saturated rings. The van der Waals surface area contributed by atoms with Gasteiger partial charge in [-0.2, -0.15) is 10.2 Å². The molecule has 0 saturated carbocycles. The number of aryl methyl sites for hydroxylation is 2. The topological polar surface area (TPSA) is 82.7 Å². The number of nitrogens with zero attached hydrogens (tertiary/aromatic N) is 6. The van der Waals surface area contributed by atoms with Crippen LogP contribution in [0.15, 0.2) is 43.0 Å². The molecule has 0 aliphatic rings. The number of anilines is 1. The Morgan fingerprint density at radius 2 is 2.07 bits per heavy atom. The van der Waals surface area contributed by atoms with Crippen LogP contribution in [0.3, 0.4) is 0 Å². The smallest absolute Gasteiger partial charge is 0.222 e. The maximum atomic E-state index is 5.70. The Balaban J connectivity index is 1.80. The SMILES string of the molecule is CCOc1ncccc1-c1cc(N[C@H](C)c2cnn(C)c2)c2c(cnn2C)n1. The largest absolute Gasteiger partial charge is 0.477 e. The predicted octanol–water partition coefficient (Wildman–Crippen LogP) is 3.34. The maximum Gasteiger partial charge on any atom is 0.222 e. The lowest BCUT2D eigenvalue weighted by Crippen LogP contribution is -2.08. The van der Waals surface area contributed by atoms with E-state index < -0.39 is 0 Å². The van der Waals surface area contributed by atoms with E-state index in [0.29, 0.717) is 12.5 Å². The van der Waals surface area contributed by atoms with E-state index in [0.717, 1.165) is 33.5 Å². The van der Waals surface area contributed by atoms with Crippen molar-refractivity contribution < 1.29 is 4.74 Å². The standard InChI is InChI=1S/C20H23N7O/c1-5-28-20-15(7-6-8-21-20)16-9-17(19-18(25-16)11-23-27(19)4)24-13(2)14-10-22-26(3)12-14/h6-13H,5H2,1-4H3,(H,24,25)/t13-/m1/s1. The number of pyridine rings is 2. The predicted molar refractivity (Wildman–Crippen MR) is 108 cm³/mol. The van der Waals surface area contributed by atoms with E-state index in [9.17, 15) is 0 Å². The van der Waals surface area contributed by atoms with Gasteiger partial charge in [0, 0.05) is 32.1 Å². The number of nitrogens with one attached hydrogen (secondary N) is 1. The highest BCUT2D eigenvalue weighted by molar-refractivity contribution is 5.91. The minimum atomic E-state index is 0.0716. The fraction of sp³-hybridized carbons (Fsp3) is 0.300. The molecule has 0 aromatic carbocycles. The Kier molecular flexibility index (Phi) is 4.68. The molecule has 8 nitrogen and oxygen atoms in total. The summed E-state index contributed by atoms with van der Waals surface area (Å²) in [6, 6.07) is 5.95. The summed E-state index contributed by atoms with van der Waals surface area (Å²) < 4.78 is 9.33. The molecule has 8 heteroatoms. The lowest BCUT2D eigenvalue weighted by atomic mass is 10.1. The highest BCUT2D eigenvalue weighted by Crippen LogP contribution is 2.33. The second kappa shape index (κ2) is 7.30. The van der Waals surface area contributed by atoms with Gasteiger partial charge in [-0.15, -0.1) is 0 Å². The third kappa shape index (κ3) is 3.28. The minimum Gasteiger partial charge on any atom is -0.477 e. The van der Waals surface area contributed by atoms with Gasteiger partial charge in [-0.3, -0.25) is 9.36 Å². The molecule has 4 aromatic heterocycles. The van der Waals surface area contributed by atoms with Gasteiger partial charge in [0.2, 0.25) is 5.88 Å². The highest BCUT2D eigenvalue weighted by Gasteiger charge is 2.17. The molecule has 1 atom stereocenters. The van der Waals surface area contributed by atoms with Gasteiger partial charge in [-0.25, -0.2) is 9.97 Å². The second-order valence-corrected chi connectivity index (χ2v) is 6.66. The summed E-state index contributed by atoms with van der Waals surface area (Å²) in [5.41, 5.74) is 5.45. The Bertz CT molecular complexity index is 1110. The molecule has 0 unspecified atom stereocenters. The summed E-state index contributed by atoms with van der Waals surface area (Å²) in [7, 11) is 3.83. The number of rotatable bonds is 6. The van der Waals surface area contributed by atoms with Crippen molar-refractivity contribution in [3.8, 4) is 17.1 Å². The van der Waals surface area contributed by atoms with Crippen molar-refractivity contribution in [2.75, 3.05) is 11.9 Å². The first-order valence-electron chi connectivity index (χ1n) is 9.22. The van der Waals surface area contributed by atoms with Crippen LogP contribution in [0.4, 0.5) is 5.69 Å². The molecule has 0 aliphatic heterocycles. The van der Waals surface area contributed by atoms with Crippen molar-refractivity contribution in [2.24, 2.45) is 14.1 Å². The van der Waals surface area contributed by atoms with Gasteiger partial charge < -0.3 is 10.1 Å². The van der Waals surface area contributed by atoms with Crippen LogP contribution in [0.2, 0.25) is 0 Å². The molecule has 0 amide bonds. The van der Waals surface area contributed by atoms with E-state index in [1.165, 1.54) is 0 Å². The Morgan fingerprint density at radius 1 is 1.21 bits per heavy atom. The highest BCUT2D eigenvalue weighted by atomic mass is 16.5. The van der Waals surface area contributed by atoms with E-state index in [2.05, 4.69) is 27.4 Å². The van der Waals surface area contributed by atoms with Crippen LogP contribution in [-0.2, 0) is 14.1 Å². The van der Waals surface area contributed by atoms with Crippen molar-refractivity contribution in [3.05, 3.63) is 48.5 Å². The van der Waals surface area contributed by atoms with Crippen molar-refractivity contribution in [1.29, 1.82) is 0 Å². The Labute approximate surface area is 163 Å². The average Bonchev–Trinajstić information content (AvgIpc) is 3.28. The number of hydrogen-bond donors (Lipinski definition) is 1. The van der Waals surface area contributed by atoms with Gasteiger partial charge >= 0.3 is 0 Å². The first kappa shape index (κ1) is 18.0. The molecule has 0 spiro atoms. The lowest BCUT2D eigenvalue weighted by molar-refractivity contribution is 0.328. The maximum absolute atomic E-state index is 5.70. The van der Waals surface area contributed by atoms with Crippen LogP contribution in [0.5, 0.6) is 5.88 Å². The van der Waals surface area contributed by atoms with Gasteiger partial charge in [-0.1, -0.05) is 0 Å².